The number of benzene rings is 1. The molecule has 0 radical (unpaired) electrons. The summed E-state index contributed by atoms with van der Waals surface area (Å²) in [6.45, 7) is 5.40. The maximum atomic E-state index is 14.7. The van der Waals surface area contributed by atoms with Gasteiger partial charge in [-0.05, 0) is 49.1 Å². The minimum Gasteiger partial charge on any atom is -0.324 e. The van der Waals surface area contributed by atoms with Gasteiger partial charge in [0.05, 0.1) is 17.8 Å². The van der Waals surface area contributed by atoms with E-state index in [1.54, 1.807) is 31.5 Å². The monoisotopic (exact) mass is 403 g/mol. The van der Waals surface area contributed by atoms with Gasteiger partial charge in [0, 0.05) is 35.5 Å². The van der Waals surface area contributed by atoms with E-state index >= 15 is 0 Å². The molecule has 152 valence electrons. The number of pyridine rings is 1. The van der Waals surface area contributed by atoms with Crippen molar-refractivity contribution in [2.45, 2.75) is 32.1 Å². The molecule has 6 nitrogen and oxygen atoms in total. The summed E-state index contributed by atoms with van der Waals surface area (Å²) in [5.41, 5.74) is 4.07. The van der Waals surface area contributed by atoms with Crippen LogP contribution in [0.25, 0.3) is 22.2 Å². The van der Waals surface area contributed by atoms with E-state index in [4.69, 9.17) is 0 Å². The molecule has 0 bridgehead atoms. The number of allylic oxidation sites excluding steroid dienone is 1. The standard InChI is InChI=1S/C23H22FN5O/c1-3-18(13-25-4-2)27-21(30)11-16-8-7-15(10-20(16)24)17-9-19-22(14-5-6-14)28-29-23(19)26-12-17/h3-4,7-10,12-14H,1,5-6,11H2,2H3,(H,27,30)(H,26,28,29)/b18-13+,25-4-. The number of halogens is 1. The Hall–Kier alpha value is -3.61. The van der Waals surface area contributed by atoms with Gasteiger partial charge in [-0.15, -0.1) is 0 Å². The number of hydrogen-bond acceptors (Lipinski definition) is 4. The van der Waals surface area contributed by atoms with Gasteiger partial charge >= 0.3 is 0 Å². The summed E-state index contributed by atoms with van der Waals surface area (Å²) in [7, 11) is 0. The Kier molecular flexibility index (Phi) is 5.52. The summed E-state index contributed by atoms with van der Waals surface area (Å²) in [5.74, 6) is -0.284. The lowest BCUT2D eigenvalue weighted by atomic mass is 10.0. The lowest BCUT2D eigenvalue weighted by Crippen LogP contribution is -2.24. The van der Waals surface area contributed by atoms with Crippen LogP contribution in [0.15, 0.2) is 60.0 Å². The lowest BCUT2D eigenvalue weighted by Gasteiger charge is -2.08. The number of aliphatic imine (C=N–C) groups is 1. The predicted molar refractivity (Wildman–Crippen MR) is 116 cm³/mol. The van der Waals surface area contributed by atoms with Gasteiger partial charge < -0.3 is 5.32 Å². The topological polar surface area (TPSA) is 83.0 Å². The summed E-state index contributed by atoms with van der Waals surface area (Å²) in [5, 5.41) is 11.0. The minimum atomic E-state index is -0.437. The highest BCUT2D eigenvalue weighted by atomic mass is 19.1. The second kappa shape index (κ2) is 8.41. The zero-order valence-electron chi connectivity index (χ0n) is 16.7. The van der Waals surface area contributed by atoms with Crippen LogP contribution in [0.4, 0.5) is 4.39 Å². The second-order valence-electron chi connectivity index (χ2n) is 7.23. The smallest absolute Gasteiger partial charge is 0.228 e. The molecule has 1 fully saturated rings. The summed E-state index contributed by atoms with van der Waals surface area (Å²) >= 11 is 0. The van der Waals surface area contributed by atoms with Crippen LogP contribution in [-0.4, -0.2) is 27.3 Å². The molecule has 2 N–H and O–H groups in total. The van der Waals surface area contributed by atoms with Crippen LogP contribution in [0.5, 0.6) is 0 Å². The molecular formula is C23H22FN5O. The summed E-state index contributed by atoms with van der Waals surface area (Å²) in [6.07, 6.45) is 8.47. The molecule has 2 aromatic heterocycles. The highest BCUT2D eigenvalue weighted by Crippen LogP contribution is 2.42. The van der Waals surface area contributed by atoms with Crippen molar-refractivity contribution in [3.05, 3.63) is 72.1 Å². The zero-order chi connectivity index (χ0) is 21.1. The third-order valence-electron chi connectivity index (χ3n) is 5.01. The van der Waals surface area contributed by atoms with Gasteiger partial charge in [0.2, 0.25) is 5.91 Å². The maximum Gasteiger partial charge on any atom is 0.228 e. The molecule has 1 aromatic carbocycles. The Labute approximate surface area is 173 Å². The number of rotatable bonds is 7. The number of nitrogens with zero attached hydrogens (tertiary/aromatic N) is 3. The number of carbonyl (C=O) groups excluding carboxylic acids is 1. The Morgan fingerprint density at radius 3 is 2.90 bits per heavy atom. The van der Waals surface area contributed by atoms with E-state index in [1.165, 1.54) is 18.3 Å². The normalized spacial score (nSPS) is 14.4. The number of hydrogen-bond donors (Lipinski definition) is 2. The second-order valence-corrected chi connectivity index (χ2v) is 7.23. The van der Waals surface area contributed by atoms with Gasteiger partial charge in [0.15, 0.2) is 5.65 Å². The van der Waals surface area contributed by atoms with Gasteiger partial charge in [-0.3, -0.25) is 14.9 Å². The van der Waals surface area contributed by atoms with Crippen molar-refractivity contribution in [3.63, 3.8) is 0 Å². The molecule has 0 spiro atoms. The van der Waals surface area contributed by atoms with Gasteiger partial charge in [0.25, 0.3) is 0 Å². The third kappa shape index (κ3) is 4.20. The summed E-state index contributed by atoms with van der Waals surface area (Å²) in [6, 6.07) is 6.87. The first-order chi connectivity index (χ1) is 14.6. The molecule has 0 saturated heterocycles. The van der Waals surface area contributed by atoms with Crippen LogP contribution in [0.2, 0.25) is 0 Å². The highest BCUT2D eigenvalue weighted by molar-refractivity contribution is 5.84. The lowest BCUT2D eigenvalue weighted by molar-refractivity contribution is -0.119. The number of aromatic amines is 1. The predicted octanol–water partition coefficient (Wildman–Crippen LogP) is 4.42. The van der Waals surface area contributed by atoms with Crippen LogP contribution in [0, 0.1) is 5.82 Å². The van der Waals surface area contributed by atoms with Crippen molar-refractivity contribution in [2.75, 3.05) is 0 Å². The fourth-order valence-corrected chi connectivity index (χ4v) is 3.29. The van der Waals surface area contributed by atoms with E-state index in [-0.39, 0.29) is 12.3 Å². The molecule has 2 heterocycles. The quantitative estimate of drug-likeness (QED) is 0.453. The number of amides is 1. The maximum absolute atomic E-state index is 14.7. The molecule has 1 saturated carbocycles. The first-order valence-corrected chi connectivity index (χ1v) is 9.82. The number of aromatic nitrogens is 3. The van der Waals surface area contributed by atoms with Crippen LogP contribution in [-0.2, 0) is 11.2 Å². The van der Waals surface area contributed by atoms with E-state index < -0.39 is 5.82 Å². The van der Waals surface area contributed by atoms with E-state index in [1.807, 2.05) is 6.07 Å². The molecule has 3 aromatic rings. The zero-order valence-corrected chi connectivity index (χ0v) is 16.7. The average Bonchev–Trinajstić information content (AvgIpc) is 3.51. The fraction of sp³-hybridized carbons (Fsp3) is 0.217. The summed E-state index contributed by atoms with van der Waals surface area (Å²) in [4.78, 5) is 20.6. The molecule has 30 heavy (non-hydrogen) atoms. The van der Waals surface area contributed by atoms with Gasteiger partial charge in [-0.25, -0.2) is 9.37 Å². The van der Waals surface area contributed by atoms with E-state index in [0.717, 1.165) is 35.1 Å². The Morgan fingerprint density at radius 1 is 1.37 bits per heavy atom. The van der Waals surface area contributed by atoms with Crippen molar-refractivity contribution >= 4 is 23.2 Å². The van der Waals surface area contributed by atoms with Crippen LogP contribution < -0.4 is 5.32 Å². The molecular weight excluding hydrogens is 381 g/mol. The van der Waals surface area contributed by atoms with Gasteiger partial charge in [-0.1, -0.05) is 18.7 Å². The van der Waals surface area contributed by atoms with Crippen molar-refractivity contribution in [3.8, 4) is 11.1 Å². The van der Waals surface area contributed by atoms with Gasteiger partial charge in [-0.2, -0.15) is 5.10 Å². The molecule has 0 unspecified atom stereocenters. The molecule has 1 aliphatic rings. The van der Waals surface area contributed by atoms with Crippen molar-refractivity contribution in [1.29, 1.82) is 0 Å². The Balaban J connectivity index is 1.53. The number of H-pyrrole nitrogens is 1. The first kappa shape index (κ1) is 19.7. The number of nitrogens with one attached hydrogen (secondary N) is 2. The van der Waals surface area contributed by atoms with E-state index in [9.17, 15) is 9.18 Å². The van der Waals surface area contributed by atoms with Crippen molar-refractivity contribution in [1.82, 2.24) is 20.5 Å². The molecule has 4 rings (SSSR count). The number of carbonyl (C=O) groups is 1. The SMILES string of the molecule is C=C/C(=C\N=C/C)NC(=O)Cc1ccc(-c2cnc3[nH]nc(C4CC4)c3c2)cc1F. The van der Waals surface area contributed by atoms with Crippen LogP contribution in [0.3, 0.4) is 0 Å². The molecule has 0 aliphatic heterocycles. The molecule has 0 atom stereocenters. The van der Waals surface area contributed by atoms with Crippen LogP contribution in [0.1, 0.15) is 36.9 Å². The Bertz CT molecular complexity index is 1170. The molecule has 1 amide bonds. The highest BCUT2D eigenvalue weighted by Gasteiger charge is 2.28. The first-order valence-electron chi connectivity index (χ1n) is 9.82. The average molecular weight is 403 g/mol. The van der Waals surface area contributed by atoms with E-state index in [2.05, 4.69) is 32.1 Å². The Morgan fingerprint density at radius 2 is 2.20 bits per heavy atom. The number of fused-ring (bicyclic) bond motifs is 1. The van der Waals surface area contributed by atoms with Crippen molar-refractivity contribution in [2.24, 2.45) is 4.99 Å². The molecule has 7 heteroatoms. The molecule has 1 aliphatic carbocycles. The van der Waals surface area contributed by atoms with Crippen LogP contribution >= 0.6 is 0 Å². The van der Waals surface area contributed by atoms with Crippen molar-refractivity contribution < 1.29 is 9.18 Å². The third-order valence-corrected chi connectivity index (χ3v) is 5.01. The summed E-state index contributed by atoms with van der Waals surface area (Å²) < 4.78 is 14.7. The largest absolute Gasteiger partial charge is 0.324 e. The fourth-order valence-electron chi connectivity index (χ4n) is 3.29. The minimum absolute atomic E-state index is 0.0853. The van der Waals surface area contributed by atoms with Gasteiger partial charge in [0.1, 0.15) is 5.82 Å². The van der Waals surface area contributed by atoms with E-state index in [0.29, 0.717) is 22.7 Å².